The molecule has 1 amide bonds. The predicted octanol–water partition coefficient (Wildman–Crippen LogP) is 4.60. The molecular formula is C21H15BrF3IN2O5. The number of furan rings is 1. The number of aliphatic hydroxyl groups is 1. The largest absolute Gasteiger partial charge is 0.506 e. The fraction of sp³-hybridized carbons (Fsp3) is 0.238. The van der Waals surface area contributed by atoms with E-state index < -0.39 is 29.9 Å². The van der Waals surface area contributed by atoms with Gasteiger partial charge in [-0.3, -0.25) is 4.79 Å². The minimum absolute atomic E-state index is 0.103. The Morgan fingerprint density at radius 1 is 1.24 bits per heavy atom. The summed E-state index contributed by atoms with van der Waals surface area (Å²) < 4.78 is 50.2. The second kappa shape index (κ2) is 8.47. The fourth-order valence-corrected chi connectivity index (χ4v) is 4.97. The monoisotopic (exact) mass is 638 g/mol. The molecule has 1 atom stereocenters. The number of ether oxygens (including phenoxy) is 1. The van der Waals surface area contributed by atoms with E-state index in [1.165, 1.54) is 24.1 Å². The number of carbonyl (C=O) groups excluding carboxylic acids is 1. The lowest BCUT2D eigenvalue weighted by molar-refractivity contribution is -0.153. The Bertz CT molecular complexity index is 1250. The van der Waals surface area contributed by atoms with Crippen molar-refractivity contribution in [2.75, 3.05) is 18.6 Å². The van der Waals surface area contributed by atoms with Gasteiger partial charge in [0.2, 0.25) is 17.5 Å². The molecule has 1 aliphatic heterocycles. The van der Waals surface area contributed by atoms with Crippen LogP contribution in [-0.2, 0) is 22.9 Å². The summed E-state index contributed by atoms with van der Waals surface area (Å²) in [5.74, 6) is -2.23. The minimum Gasteiger partial charge on any atom is -0.506 e. The minimum atomic E-state index is -4.67. The number of rotatable bonds is 5. The van der Waals surface area contributed by atoms with Crippen LogP contribution in [0, 0.1) is 3.57 Å². The first-order chi connectivity index (χ1) is 15.5. The number of anilines is 1. The standard InChI is InChI=1S/C21H15BrF3IN2O5/c1-32-15-7-5-13(30)18(27-15)20(9-29)16-12(4-3-11(26)17(16)22)28(19(20)31)8-10-2-6-14(33-10)21(23,24)25/h2-7,29-30H,8-9H2,1H3. The number of hydrogen-bond acceptors (Lipinski definition) is 6. The van der Waals surface area contributed by atoms with Crippen molar-refractivity contribution >= 4 is 50.1 Å². The summed E-state index contributed by atoms with van der Waals surface area (Å²) in [6.07, 6.45) is -4.67. The number of amides is 1. The van der Waals surface area contributed by atoms with Crippen molar-refractivity contribution in [3.8, 4) is 11.6 Å². The number of carbonyl (C=O) groups is 1. The van der Waals surface area contributed by atoms with Gasteiger partial charge in [0.1, 0.15) is 22.6 Å². The van der Waals surface area contributed by atoms with Gasteiger partial charge in [-0.2, -0.15) is 13.2 Å². The second-order valence-electron chi connectivity index (χ2n) is 7.20. The topological polar surface area (TPSA) is 96.0 Å². The van der Waals surface area contributed by atoms with Crippen molar-refractivity contribution in [1.29, 1.82) is 0 Å². The lowest BCUT2D eigenvalue weighted by Crippen LogP contribution is -2.44. The van der Waals surface area contributed by atoms with Crippen LogP contribution in [0.2, 0.25) is 0 Å². The van der Waals surface area contributed by atoms with E-state index in [0.717, 1.165) is 12.1 Å². The van der Waals surface area contributed by atoms with Gasteiger partial charge in [-0.25, -0.2) is 4.98 Å². The molecule has 2 aromatic heterocycles. The molecule has 2 N–H and O–H groups in total. The Kier molecular flexibility index (Phi) is 6.12. The number of nitrogens with zero attached hydrogens (tertiary/aromatic N) is 2. The number of benzene rings is 1. The van der Waals surface area contributed by atoms with Crippen molar-refractivity contribution in [2.45, 2.75) is 18.1 Å². The molecule has 0 saturated carbocycles. The smallest absolute Gasteiger partial charge is 0.449 e. The molecule has 1 unspecified atom stereocenters. The lowest BCUT2D eigenvalue weighted by atomic mass is 9.78. The molecule has 3 aromatic rings. The van der Waals surface area contributed by atoms with E-state index in [1.54, 1.807) is 12.1 Å². The normalized spacial score (nSPS) is 18.0. The second-order valence-corrected chi connectivity index (χ2v) is 9.15. The van der Waals surface area contributed by atoms with Crippen molar-refractivity contribution in [1.82, 2.24) is 4.98 Å². The quantitative estimate of drug-likeness (QED) is 0.397. The third kappa shape index (κ3) is 3.77. The van der Waals surface area contributed by atoms with E-state index in [-0.39, 0.29) is 29.6 Å². The average molecular weight is 639 g/mol. The zero-order valence-electron chi connectivity index (χ0n) is 16.8. The summed E-state index contributed by atoms with van der Waals surface area (Å²) in [6, 6.07) is 7.93. The molecule has 1 aliphatic rings. The van der Waals surface area contributed by atoms with Crippen molar-refractivity contribution in [3.05, 3.63) is 67.2 Å². The van der Waals surface area contributed by atoms with E-state index in [0.29, 0.717) is 19.3 Å². The first-order valence-corrected chi connectivity index (χ1v) is 11.2. The Morgan fingerprint density at radius 3 is 2.58 bits per heavy atom. The maximum Gasteiger partial charge on any atom is 0.449 e. The number of methoxy groups -OCH3 is 1. The highest BCUT2D eigenvalue weighted by molar-refractivity contribution is 14.1. The van der Waals surface area contributed by atoms with E-state index in [1.807, 2.05) is 22.6 Å². The molecule has 0 bridgehead atoms. The van der Waals surface area contributed by atoms with Crippen molar-refractivity contribution < 1.29 is 37.3 Å². The molecule has 0 saturated heterocycles. The number of halogens is 5. The summed E-state index contributed by atoms with van der Waals surface area (Å²) in [5, 5.41) is 21.1. The van der Waals surface area contributed by atoms with Crippen LogP contribution < -0.4 is 9.64 Å². The van der Waals surface area contributed by atoms with Gasteiger partial charge in [-0.1, -0.05) is 0 Å². The molecule has 33 heavy (non-hydrogen) atoms. The Hall–Kier alpha value is -2.32. The highest BCUT2D eigenvalue weighted by Gasteiger charge is 2.56. The first kappa shape index (κ1) is 23.8. The molecule has 174 valence electrons. The van der Waals surface area contributed by atoms with Crippen molar-refractivity contribution in [2.24, 2.45) is 0 Å². The summed E-state index contributed by atoms with van der Waals surface area (Å²) in [4.78, 5) is 19.3. The van der Waals surface area contributed by atoms with Crippen LogP contribution in [0.5, 0.6) is 11.6 Å². The van der Waals surface area contributed by atoms with E-state index in [9.17, 15) is 28.2 Å². The fourth-order valence-electron chi connectivity index (χ4n) is 3.85. The number of alkyl halides is 3. The molecule has 0 aliphatic carbocycles. The Labute approximate surface area is 207 Å². The number of aliphatic hydroxyl groups excluding tert-OH is 1. The third-order valence-corrected chi connectivity index (χ3v) is 7.82. The molecule has 4 rings (SSSR count). The number of pyridine rings is 1. The van der Waals surface area contributed by atoms with Gasteiger partial charge in [0.05, 0.1) is 25.9 Å². The molecular weight excluding hydrogens is 624 g/mol. The van der Waals surface area contributed by atoms with Crippen molar-refractivity contribution in [3.63, 3.8) is 0 Å². The Balaban J connectivity index is 1.91. The third-order valence-electron chi connectivity index (χ3n) is 5.35. The maximum atomic E-state index is 13.8. The zero-order valence-corrected chi connectivity index (χ0v) is 20.5. The SMILES string of the molecule is COc1ccc(O)c(C2(CO)C(=O)N(Cc3ccc(C(F)(F)F)o3)c3ccc(I)c(Br)c32)n1. The number of hydrogen-bond donors (Lipinski definition) is 2. The summed E-state index contributed by atoms with van der Waals surface area (Å²) in [5.41, 5.74) is -1.33. The highest BCUT2D eigenvalue weighted by atomic mass is 127. The first-order valence-electron chi connectivity index (χ1n) is 9.36. The van der Waals surface area contributed by atoms with Gasteiger partial charge < -0.3 is 24.3 Å². The summed E-state index contributed by atoms with van der Waals surface area (Å²) in [6.45, 7) is -1.10. The van der Waals surface area contributed by atoms with Gasteiger partial charge in [-0.05, 0) is 68.9 Å². The summed E-state index contributed by atoms with van der Waals surface area (Å²) >= 11 is 5.50. The number of aromatic nitrogens is 1. The highest BCUT2D eigenvalue weighted by Crippen LogP contribution is 2.52. The molecule has 12 heteroatoms. The van der Waals surface area contributed by atoms with Crippen LogP contribution in [0.3, 0.4) is 0 Å². The summed E-state index contributed by atoms with van der Waals surface area (Å²) in [7, 11) is 1.36. The molecule has 3 heterocycles. The van der Waals surface area contributed by atoms with Crippen LogP contribution >= 0.6 is 38.5 Å². The van der Waals surface area contributed by atoms with Gasteiger partial charge in [0.15, 0.2) is 0 Å². The molecule has 0 fully saturated rings. The molecule has 1 aromatic carbocycles. The van der Waals surface area contributed by atoms with Crippen LogP contribution in [0.1, 0.15) is 22.8 Å². The van der Waals surface area contributed by atoms with E-state index >= 15 is 0 Å². The van der Waals surface area contributed by atoms with Crippen LogP contribution in [0.25, 0.3) is 0 Å². The molecule has 7 nitrogen and oxygen atoms in total. The van der Waals surface area contributed by atoms with Crippen LogP contribution in [0.4, 0.5) is 18.9 Å². The van der Waals surface area contributed by atoms with Crippen LogP contribution in [-0.4, -0.2) is 34.8 Å². The van der Waals surface area contributed by atoms with E-state index in [4.69, 9.17) is 9.15 Å². The van der Waals surface area contributed by atoms with Crippen LogP contribution in [0.15, 0.2) is 45.3 Å². The number of aromatic hydroxyl groups is 1. The van der Waals surface area contributed by atoms with Gasteiger partial charge >= 0.3 is 6.18 Å². The Morgan fingerprint density at radius 2 is 1.97 bits per heavy atom. The van der Waals surface area contributed by atoms with Gasteiger partial charge in [0, 0.05) is 19.7 Å². The molecule has 0 radical (unpaired) electrons. The van der Waals surface area contributed by atoms with Gasteiger partial charge in [0.25, 0.3) is 0 Å². The maximum absolute atomic E-state index is 13.8. The van der Waals surface area contributed by atoms with Gasteiger partial charge in [-0.15, -0.1) is 0 Å². The number of fused-ring (bicyclic) bond motifs is 1. The molecule has 0 spiro atoms. The lowest BCUT2D eigenvalue weighted by Gasteiger charge is -2.27. The zero-order chi connectivity index (χ0) is 24.1. The average Bonchev–Trinajstić information content (AvgIpc) is 3.34. The predicted molar refractivity (Wildman–Crippen MR) is 122 cm³/mol. The van der Waals surface area contributed by atoms with E-state index in [2.05, 4.69) is 20.9 Å².